The number of fused-ring (bicyclic) bond motifs is 5. The summed E-state index contributed by atoms with van der Waals surface area (Å²) in [4.78, 5) is 9.09. The number of pyridine rings is 1. The van der Waals surface area contributed by atoms with E-state index in [0.29, 0.717) is 11.7 Å². The monoisotopic (exact) mass is 486 g/mol. The minimum atomic E-state index is 0.488. The number of para-hydroxylation sites is 1. The third-order valence-electron chi connectivity index (χ3n) is 6.77. The summed E-state index contributed by atoms with van der Waals surface area (Å²) in [6, 6.07) is 20.9. The van der Waals surface area contributed by atoms with E-state index in [2.05, 4.69) is 62.5 Å². The van der Waals surface area contributed by atoms with Crippen molar-refractivity contribution in [1.29, 1.82) is 0 Å². The number of hydrogen-bond donors (Lipinski definition) is 0. The van der Waals surface area contributed by atoms with E-state index in [4.69, 9.17) is 8.83 Å². The van der Waals surface area contributed by atoms with Gasteiger partial charge in [0, 0.05) is 57.3 Å². The zero-order valence-electron chi connectivity index (χ0n) is 19.2. The third kappa shape index (κ3) is 2.71. The van der Waals surface area contributed by atoms with Gasteiger partial charge in [0.15, 0.2) is 0 Å². The number of thiophene rings is 1. The first-order valence-corrected chi connectivity index (χ1v) is 12.5. The molecule has 8 rings (SSSR count). The average Bonchev–Trinajstić information content (AvgIpc) is 3.71. The topological polar surface area (TPSA) is 61.9 Å². The van der Waals surface area contributed by atoms with Gasteiger partial charge in [-0.3, -0.25) is 9.55 Å². The maximum absolute atomic E-state index is 6.30. The van der Waals surface area contributed by atoms with Crippen LogP contribution in [0, 0.1) is 0 Å². The van der Waals surface area contributed by atoms with Crippen molar-refractivity contribution >= 4 is 54.4 Å². The Labute approximate surface area is 208 Å². The van der Waals surface area contributed by atoms with E-state index in [1.165, 1.54) is 20.9 Å². The van der Waals surface area contributed by atoms with E-state index in [9.17, 15) is 0 Å². The fraction of sp³-hybridized carbons (Fsp3) is 0.0345. The molecule has 172 valence electrons. The minimum Gasteiger partial charge on any atom is -0.433 e. The molecule has 0 fully saturated rings. The Balaban J connectivity index is 1.42. The van der Waals surface area contributed by atoms with Crippen LogP contribution >= 0.6 is 11.3 Å². The first-order valence-electron chi connectivity index (χ1n) is 11.6. The molecular formula is C29H18N4O2S. The maximum Gasteiger partial charge on any atom is 0.299 e. The van der Waals surface area contributed by atoms with Gasteiger partial charge in [0.1, 0.15) is 6.26 Å². The van der Waals surface area contributed by atoms with Crippen molar-refractivity contribution in [3.8, 4) is 28.4 Å². The molecule has 6 nitrogen and oxygen atoms in total. The van der Waals surface area contributed by atoms with Crippen LogP contribution in [-0.2, 0) is 7.05 Å². The number of hydrogen-bond acceptors (Lipinski definition) is 5. The second kappa shape index (κ2) is 7.19. The minimum absolute atomic E-state index is 0.488. The summed E-state index contributed by atoms with van der Waals surface area (Å²) in [6.45, 7) is 0. The first kappa shape index (κ1) is 19.7. The van der Waals surface area contributed by atoms with Gasteiger partial charge in [-0.1, -0.05) is 24.3 Å². The third-order valence-corrected chi connectivity index (χ3v) is 7.71. The molecule has 6 heterocycles. The Morgan fingerprint density at radius 3 is 2.58 bits per heavy atom. The van der Waals surface area contributed by atoms with Crippen molar-refractivity contribution in [3.63, 3.8) is 0 Å². The normalized spacial score (nSPS) is 12.0. The van der Waals surface area contributed by atoms with Crippen molar-refractivity contribution in [1.82, 2.24) is 19.1 Å². The Hall–Kier alpha value is -4.62. The quantitative estimate of drug-likeness (QED) is 0.256. The van der Waals surface area contributed by atoms with Crippen LogP contribution in [-0.4, -0.2) is 19.1 Å². The molecule has 0 radical (unpaired) electrons. The smallest absolute Gasteiger partial charge is 0.299 e. The van der Waals surface area contributed by atoms with E-state index in [1.54, 1.807) is 23.8 Å². The molecule has 0 atom stereocenters. The standard InChI is InChI=1S/C29H18N4O2S/c1-32-13-24(31-16-32)22-15-36-27-11-18-17-6-2-3-8-25(17)33(26(18)10-19(22)27)28-12-20-21(14-34-29(20)35-28)23-7-4-5-9-30-23/h2-16H,1H3. The van der Waals surface area contributed by atoms with E-state index >= 15 is 0 Å². The number of furan rings is 2. The second-order valence-corrected chi connectivity index (χ2v) is 9.85. The molecule has 2 aromatic carbocycles. The lowest BCUT2D eigenvalue weighted by molar-refractivity contribution is 0.470. The molecule has 0 spiro atoms. The summed E-state index contributed by atoms with van der Waals surface area (Å²) in [5.41, 5.74) is 6.04. The van der Waals surface area contributed by atoms with Crippen molar-refractivity contribution in [2.45, 2.75) is 0 Å². The molecule has 0 unspecified atom stereocenters. The highest BCUT2D eigenvalue weighted by Gasteiger charge is 2.21. The van der Waals surface area contributed by atoms with Crippen LogP contribution in [0.15, 0.2) is 99.9 Å². The predicted octanol–water partition coefficient (Wildman–Crippen LogP) is 7.80. The Kier molecular flexibility index (Phi) is 3.93. The molecule has 0 saturated carbocycles. The number of aromatic nitrogens is 4. The van der Waals surface area contributed by atoms with Gasteiger partial charge < -0.3 is 13.4 Å². The van der Waals surface area contributed by atoms with Gasteiger partial charge in [-0.15, -0.1) is 11.3 Å². The van der Waals surface area contributed by atoms with Crippen molar-refractivity contribution in [2.75, 3.05) is 0 Å². The highest BCUT2D eigenvalue weighted by atomic mass is 32.1. The largest absolute Gasteiger partial charge is 0.433 e. The van der Waals surface area contributed by atoms with Gasteiger partial charge >= 0.3 is 0 Å². The first-order chi connectivity index (χ1) is 17.7. The van der Waals surface area contributed by atoms with E-state index in [0.717, 1.165) is 38.9 Å². The summed E-state index contributed by atoms with van der Waals surface area (Å²) in [7, 11) is 1.99. The van der Waals surface area contributed by atoms with E-state index < -0.39 is 0 Å². The summed E-state index contributed by atoms with van der Waals surface area (Å²) < 4.78 is 17.5. The van der Waals surface area contributed by atoms with Crippen LogP contribution < -0.4 is 0 Å². The lowest BCUT2D eigenvalue weighted by Gasteiger charge is -2.04. The summed E-state index contributed by atoms with van der Waals surface area (Å²) in [5, 5.41) is 6.64. The van der Waals surface area contributed by atoms with Crippen LogP contribution in [0.3, 0.4) is 0 Å². The van der Waals surface area contributed by atoms with Gasteiger partial charge in [0.05, 0.1) is 39.7 Å². The highest BCUT2D eigenvalue weighted by Crippen LogP contribution is 2.41. The lowest BCUT2D eigenvalue weighted by Crippen LogP contribution is -1.91. The van der Waals surface area contributed by atoms with Crippen molar-refractivity contribution < 1.29 is 8.83 Å². The van der Waals surface area contributed by atoms with Crippen molar-refractivity contribution in [3.05, 3.63) is 91.0 Å². The fourth-order valence-electron chi connectivity index (χ4n) is 5.12. The zero-order chi connectivity index (χ0) is 23.8. The predicted molar refractivity (Wildman–Crippen MR) is 144 cm³/mol. The molecule has 0 aliphatic carbocycles. The average molecular weight is 487 g/mol. The molecule has 0 aliphatic heterocycles. The molecular weight excluding hydrogens is 468 g/mol. The number of benzene rings is 2. The molecule has 0 saturated heterocycles. The molecule has 0 N–H and O–H groups in total. The second-order valence-electron chi connectivity index (χ2n) is 8.94. The number of nitrogens with zero attached hydrogens (tertiary/aromatic N) is 4. The van der Waals surface area contributed by atoms with E-state index in [-0.39, 0.29) is 0 Å². The van der Waals surface area contributed by atoms with E-state index in [1.807, 2.05) is 42.2 Å². The highest BCUT2D eigenvalue weighted by molar-refractivity contribution is 7.17. The Bertz CT molecular complexity index is 2070. The summed E-state index contributed by atoms with van der Waals surface area (Å²) in [5.74, 6) is 1.20. The number of aryl methyl sites for hydroxylation is 1. The maximum atomic E-state index is 6.30. The van der Waals surface area contributed by atoms with Gasteiger partial charge in [-0.25, -0.2) is 4.98 Å². The molecule has 8 aromatic rings. The molecule has 7 heteroatoms. The zero-order valence-corrected chi connectivity index (χ0v) is 20.0. The molecule has 0 bridgehead atoms. The Morgan fingerprint density at radius 1 is 0.806 bits per heavy atom. The SMILES string of the molecule is Cn1cnc(-c2csc3cc4c5ccccc5n(-c5cc6c(-c7ccccn7)coc6o5)c4cc23)c1. The van der Waals surface area contributed by atoms with Gasteiger partial charge in [-0.2, -0.15) is 0 Å². The van der Waals surface area contributed by atoms with Gasteiger partial charge in [0.25, 0.3) is 5.78 Å². The molecule has 36 heavy (non-hydrogen) atoms. The fourth-order valence-corrected chi connectivity index (χ4v) is 6.09. The lowest BCUT2D eigenvalue weighted by atomic mass is 10.1. The Morgan fingerprint density at radius 2 is 1.72 bits per heavy atom. The van der Waals surface area contributed by atoms with Crippen LogP contribution in [0.25, 0.3) is 71.5 Å². The van der Waals surface area contributed by atoms with Crippen LogP contribution in [0.5, 0.6) is 0 Å². The van der Waals surface area contributed by atoms with Gasteiger partial charge in [-0.05, 0) is 30.3 Å². The number of rotatable bonds is 3. The van der Waals surface area contributed by atoms with Crippen molar-refractivity contribution in [2.24, 2.45) is 7.05 Å². The molecule has 6 aromatic heterocycles. The van der Waals surface area contributed by atoms with Crippen LogP contribution in [0.4, 0.5) is 0 Å². The number of imidazole rings is 1. The van der Waals surface area contributed by atoms with Crippen LogP contribution in [0.2, 0.25) is 0 Å². The van der Waals surface area contributed by atoms with Gasteiger partial charge in [0.2, 0.25) is 5.88 Å². The molecule has 0 amide bonds. The summed E-state index contributed by atoms with van der Waals surface area (Å²) >= 11 is 1.75. The van der Waals surface area contributed by atoms with Crippen LogP contribution in [0.1, 0.15) is 0 Å². The molecule has 0 aliphatic rings. The summed E-state index contributed by atoms with van der Waals surface area (Å²) in [6.07, 6.45) is 7.39.